The summed E-state index contributed by atoms with van der Waals surface area (Å²) in [4.78, 5) is 11.7. The maximum Gasteiger partial charge on any atom is 0.162 e. The molecule has 1 aliphatic heterocycles. The van der Waals surface area contributed by atoms with Crippen molar-refractivity contribution in [2.24, 2.45) is 0 Å². The van der Waals surface area contributed by atoms with Crippen LogP contribution < -0.4 is 0 Å². The van der Waals surface area contributed by atoms with E-state index in [-0.39, 0.29) is 23.9 Å². The van der Waals surface area contributed by atoms with E-state index in [9.17, 15) is 13.6 Å². The fourth-order valence-electron chi connectivity index (χ4n) is 2.38. The summed E-state index contributed by atoms with van der Waals surface area (Å²) in [5.41, 5.74) is 0.141. The number of hydrogen-bond acceptors (Lipinski definition) is 2. The zero-order chi connectivity index (χ0) is 13.7. The van der Waals surface area contributed by atoms with Gasteiger partial charge in [-0.2, -0.15) is 0 Å². The van der Waals surface area contributed by atoms with Gasteiger partial charge in [0.1, 0.15) is 5.78 Å². The zero-order valence-electron chi connectivity index (χ0n) is 10.8. The Morgan fingerprint density at radius 3 is 2.95 bits per heavy atom. The van der Waals surface area contributed by atoms with Gasteiger partial charge in [0, 0.05) is 19.4 Å². The molecule has 1 unspecified atom stereocenters. The van der Waals surface area contributed by atoms with E-state index < -0.39 is 11.6 Å². The normalized spacial score (nSPS) is 18.7. The highest BCUT2D eigenvalue weighted by Gasteiger charge is 2.16. The molecule has 1 fully saturated rings. The predicted molar refractivity (Wildman–Crippen MR) is 67.9 cm³/mol. The average molecular weight is 268 g/mol. The SMILES string of the molecule is O=C(CCCC1CCCO1)Cc1cccc(F)c1F. The fraction of sp³-hybridized carbons (Fsp3) is 0.533. The van der Waals surface area contributed by atoms with Crippen molar-refractivity contribution < 1.29 is 18.3 Å². The molecule has 0 aromatic heterocycles. The van der Waals surface area contributed by atoms with E-state index in [4.69, 9.17) is 4.74 Å². The van der Waals surface area contributed by atoms with Crippen LogP contribution in [0, 0.1) is 11.6 Å². The Bertz CT molecular complexity index is 440. The average Bonchev–Trinajstić information content (AvgIpc) is 2.88. The van der Waals surface area contributed by atoms with E-state index in [1.165, 1.54) is 12.1 Å². The first-order valence-corrected chi connectivity index (χ1v) is 6.73. The van der Waals surface area contributed by atoms with E-state index >= 15 is 0 Å². The molecule has 2 nitrogen and oxygen atoms in total. The lowest BCUT2D eigenvalue weighted by Gasteiger charge is -2.08. The summed E-state index contributed by atoms with van der Waals surface area (Å²) in [6, 6.07) is 3.94. The summed E-state index contributed by atoms with van der Waals surface area (Å²) in [6.45, 7) is 0.813. The summed E-state index contributed by atoms with van der Waals surface area (Å²) in [5.74, 6) is -1.86. The fourth-order valence-corrected chi connectivity index (χ4v) is 2.38. The van der Waals surface area contributed by atoms with Crippen LogP contribution in [0.4, 0.5) is 8.78 Å². The highest BCUT2D eigenvalue weighted by atomic mass is 19.2. The molecule has 1 heterocycles. The number of carbonyl (C=O) groups is 1. The Kier molecular flexibility index (Phi) is 5.02. The third-order valence-electron chi connectivity index (χ3n) is 3.42. The van der Waals surface area contributed by atoms with Gasteiger partial charge in [-0.1, -0.05) is 12.1 Å². The van der Waals surface area contributed by atoms with Gasteiger partial charge in [0.25, 0.3) is 0 Å². The van der Waals surface area contributed by atoms with Gasteiger partial charge < -0.3 is 4.74 Å². The Labute approximate surface area is 111 Å². The van der Waals surface area contributed by atoms with Crippen LogP contribution in [0.25, 0.3) is 0 Å². The molecule has 0 spiro atoms. The van der Waals surface area contributed by atoms with Crippen molar-refractivity contribution in [3.05, 3.63) is 35.4 Å². The van der Waals surface area contributed by atoms with Crippen molar-refractivity contribution in [3.63, 3.8) is 0 Å². The largest absolute Gasteiger partial charge is 0.378 e. The van der Waals surface area contributed by atoms with Gasteiger partial charge in [0.2, 0.25) is 0 Å². The van der Waals surface area contributed by atoms with Crippen LogP contribution in [0.1, 0.15) is 37.7 Å². The number of carbonyl (C=O) groups excluding carboxylic acids is 1. The van der Waals surface area contributed by atoms with Gasteiger partial charge >= 0.3 is 0 Å². The van der Waals surface area contributed by atoms with E-state index in [1.807, 2.05) is 0 Å². The number of ether oxygens (including phenoxy) is 1. The first-order valence-electron chi connectivity index (χ1n) is 6.73. The van der Waals surface area contributed by atoms with Crippen LogP contribution >= 0.6 is 0 Å². The standard InChI is InChI=1S/C15H18F2O2/c16-14-8-1-4-11(15(14)17)10-12(18)5-2-6-13-7-3-9-19-13/h1,4,8,13H,2-3,5-7,9-10H2. The topological polar surface area (TPSA) is 26.3 Å². The summed E-state index contributed by atoms with van der Waals surface area (Å²) < 4.78 is 31.8. The van der Waals surface area contributed by atoms with Crippen molar-refractivity contribution in [2.75, 3.05) is 6.61 Å². The summed E-state index contributed by atoms with van der Waals surface area (Å²) in [7, 11) is 0. The zero-order valence-corrected chi connectivity index (χ0v) is 10.8. The quantitative estimate of drug-likeness (QED) is 0.790. The number of benzene rings is 1. The van der Waals surface area contributed by atoms with Crippen molar-refractivity contribution in [2.45, 2.75) is 44.6 Å². The number of rotatable bonds is 6. The molecule has 2 rings (SSSR count). The number of ketones is 1. The highest BCUT2D eigenvalue weighted by molar-refractivity contribution is 5.80. The molecule has 0 amide bonds. The lowest BCUT2D eigenvalue weighted by Crippen LogP contribution is -2.09. The molecule has 19 heavy (non-hydrogen) atoms. The second-order valence-electron chi connectivity index (χ2n) is 4.96. The summed E-state index contributed by atoms with van der Waals surface area (Å²) >= 11 is 0. The number of Topliss-reactive ketones (excluding diaryl/α,β-unsaturated/α-hetero) is 1. The van der Waals surface area contributed by atoms with Gasteiger partial charge in [-0.25, -0.2) is 8.78 Å². The Morgan fingerprint density at radius 2 is 2.21 bits per heavy atom. The molecule has 1 saturated heterocycles. The number of hydrogen-bond donors (Lipinski definition) is 0. The van der Waals surface area contributed by atoms with Crippen LogP contribution in [0.2, 0.25) is 0 Å². The van der Waals surface area contributed by atoms with Crippen LogP contribution in [0.5, 0.6) is 0 Å². The van der Waals surface area contributed by atoms with Crippen LogP contribution in [-0.2, 0) is 16.0 Å². The third-order valence-corrected chi connectivity index (χ3v) is 3.42. The van der Waals surface area contributed by atoms with E-state index in [0.717, 1.165) is 38.4 Å². The predicted octanol–water partition coefficient (Wildman–Crippen LogP) is 3.43. The summed E-state index contributed by atoms with van der Waals surface area (Å²) in [5, 5.41) is 0. The summed E-state index contributed by atoms with van der Waals surface area (Å²) in [6.07, 6.45) is 4.42. The molecule has 1 atom stereocenters. The smallest absolute Gasteiger partial charge is 0.162 e. The van der Waals surface area contributed by atoms with E-state index in [1.54, 1.807) is 0 Å². The maximum absolute atomic E-state index is 13.4. The minimum atomic E-state index is -0.907. The third kappa shape index (κ3) is 4.10. The molecule has 1 aromatic rings. The van der Waals surface area contributed by atoms with Crippen molar-refractivity contribution in [1.82, 2.24) is 0 Å². The lowest BCUT2D eigenvalue weighted by molar-refractivity contribution is -0.118. The molecule has 4 heteroatoms. The molecule has 0 radical (unpaired) electrons. The molecular weight excluding hydrogens is 250 g/mol. The minimum Gasteiger partial charge on any atom is -0.378 e. The lowest BCUT2D eigenvalue weighted by atomic mass is 10.0. The van der Waals surface area contributed by atoms with Crippen molar-refractivity contribution in [1.29, 1.82) is 0 Å². The van der Waals surface area contributed by atoms with Crippen LogP contribution in [0.3, 0.4) is 0 Å². The molecule has 0 N–H and O–H groups in total. The first-order chi connectivity index (χ1) is 9.16. The molecular formula is C15H18F2O2. The molecule has 0 bridgehead atoms. The van der Waals surface area contributed by atoms with E-state index in [2.05, 4.69) is 0 Å². The van der Waals surface area contributed by atoms with Gasteiger partial charge in [-0.15, -0.1) is 0 Å². The minimum absolute atomic E-state index is 0.0326. The second-order valence-corrected chi connectivity index (χ2v) is 4.96. The van der Waals surface area contributed by atoms with Crippen LogP contribution in [0.15, 0.2) is 18.2 Å². The van der Waals surface area contributed by atoms with Crippen molar-refractivity contribution in [3.8, 4) is 0 Å². The molecule has 104 valence electrons. The van der Waals surface area contributed by atoms with E-state index in [0.29, 0.717) is 6.42 Å². The Balaban J connectivity index is 1.76. The van der Waals surface area contributed by atoms with Gasteiger partial charge in [-0.3, -0.25) is 4.79 Å². The van der Waals surface area contributed by atoms with Gasteiger partial charge in [0.05, 0.1) is 6.10 Å². The first kappa shape index (κ1) is 14.1. The Morgan fingerprint density at radius 1 is 1.37 bits per heavy atom. The second kappa shape index (κ2) is 6.75. The Hall–Kier alpha value is -1.29. The van der Waals surface area contributed by atoms with Crippen molar-refractivity contribution >= 4 is 5.78 Å². The molecule has 0 aliphatic carbocycles. The molecule has 1 aromatic carbocycles. The molecule has 0 saturated carbocycles. The van der Waals surface area contributed by atoms with Gasteiger partial charge in [0.15, 0.2) is 11.6 Å². The van der Waals surface area contributed by atoms with Crippen LogP contribution in [-0.4, -0.2) is 18.5 Å². The molecule has 1 aliphatic rings. The monoisotopic (exact) mass is 268 g/mol. The number of halogens is 2. The maximum atomic E-state index is 13.4. The highest BCUT2D eigenvalue weighted by Crippen LogP contribution is 2.18. The van der Waals surface area contributed by atoms with Gasteiger partial charge in [-0.05, 0) is 37.3 Å².